The number of anilines is 1. The average molecular weight is 303 g/mol. The zero-order valence-electron chi connectivity index (χ0n) is 10.7. The highest BCUT2D eigenvalue weighted by Crippen LogP contribution is 2.21. The summed E-state index contributed by atoms with van der Waals surface area (Å²) >= 11 is 3.28. The van der Waals surface area contributed by atoms with Gasteiger partial charge in [-0.2, -0.15) is 5.26 Å². The Kier molecular flexibility index (Phi) is 5.59. The molecular weight excluding hydrogens is 290 g/mol. The summed E-state index contributed by atoms with van der Waals surface area (Å²) in [6.07, 6.45) is 3.08. The number of amides is 1. The van der Waals surface area contributed by atoms with Crippen molar-refractivity contribution in [1.29, 1.82) is 5.26 Å². The zero-order chi connectivity index (χ0) is 14.2. The number of carbonyl (C=O) groups is 1. The van der Waals surface area contributed by atoms with Gasteiger partial charge in [0, 0.05) is 29.4 Å². The van der Waals surface area contributed by atoms with Gasteiger partial charge in [-0.25, -0.2) is 4.98 Å². The van der Waals surface area contributed by atoms with Crippen LogP contribution in [-0.4, -0.2) is 16.6 Å². The van der Waals surface area contributed by atoms with Crippen molar-refractivity contribution in [1.82, 2.24) is 4.98 Å². The van der Waals surface area contributed by atoms with E-state index < -0.39 is 0 Å². The standard InChI is InChI=1S/C14H13N3OS2/c15-10-11-3-5-12(6-4-11)17-13(18)2-1-8-19-14-16-7-9-20-14/h3-7,9H,1-2,8H2,(H,17,18). The minimum atomic E-state index is -0.00514. The molecule has 1 heterocycles. The number of nitrogens with one attached hydrogen (secondary N) is 1. The molecule has 1 amide bonds. The lowest BCUT2D eigenvalue weighted by Gasteiger charge is -2.04. The number of nitriles is 1. The number of carbonyl (C=O) groups excluding carboxylic acids is 1. The van der Waals surface area contributed by atoms with Crippen molar-refractivity contribution in [3.63, 3.8) is 0 Å². The fourth-order valence-corrected chi connectivity index (χ4v) is 3.17. The molecule has 0 radical (unpaired) electrons. The van der Waals surface area contributed by atoms with Crippen LogP contribution in [0.3, 0.4) is 0 Å². The second kappa shape index (κ2) is 7.68. The predicted octanol–water partition coefficient (Wildman–Crippen LogP) is 3.53. The lowest BCUT2D eigenvalue weighted by Crippen LogP contribution is -2.11. The van der Waals surface area contributed by atoms with E-state index in [-0.39, 0.29) is 5.91 Å². The van der Waals surface area contributed by atoms with Crippen molar-refractivity contribution in [2.75, 3.05) is 11.1 Å². The van der Waals surface area contributed by atoms with Gasteiger partial charge in [0.05, 0.1) is 11.6 Å². The van der Waals surface area contributed by atoms with Crippen LogP contribution < -0.4 is 5.32 Å². The molecule has 0 aliphatic heterocycles. The SMILES string of the molecule is N#Cc1ccc(NC(=O)CCCSc2nccs2)cc1. The van der Waals surface area contributed by atoms with Gasteiger partial charge in [-0.1, -0.05) is 11.8 Å². The molecule has 0 saturated heterocycles. The van der Waals surface area contributed by atoms with E-state index in [0.717, 1.165) is 22.2 Å². The molecule has 102 valence electrons. The second-order valence-corrected chi connectivity index (χ2v) is 6.22. The number of thioether (sulfide) groups is 1. The average Bonchev–Trinajstić information content (AvgIpc) is 2.98. The van der Waals surface area contributed by atoms with Crippen LogP contribution in [-0.2, 0) is 4.79 Å². The van der Waals surface area contributed by atoms with E-state index in [1.54, 1.807) is 53.6 Å². The maximum Gasteiger partial charge on any atom is 0.224 e. The highest BCUT2D eigenvalue weighted by molar-refractivity contribution is 8.00. The topological polar surface area (TPSA) is 65.8 Å². The van der Waals surface area contributed by atoms with Crippen LogP contribution in [0.5, 0.6) is 0 Å². The van der Waals surface area contributed by atoms with Gasteiger partial charge in [0.1, 0.15) is 4.34 Å². The predicted molar refractivity (Wildman–Crippen MR) is 81.9 cm³/mol. The Labute approximate surface area is 125 Å². The number of benzene rings is 1. The summed E-state index contributed by atoms with van der Waals surface area (Å²) in [7, 11) is 0. The van der Waals surface area contributed by atoms with E-state index in [1.165, 1.54) is 0 Å². The molecule has 0 aliphatic carbocycles. The van der Waals surface area contributed by atoms with Crippen LogP contribution in [0, 0.1) is 11.3 Å². The zero-order valence-corrected chi connectivity index (χ0v) is 12.3. The molecule has 0 fully saturated rings. The maximum absolute atomic E-state index is 11.7. The first-order chi connectivity index (χ1) is 9.78. The molecule has 0 unspecified atom stereocenters. The number of rotatable bonds is 6. The van der Waals surface area contributed by atoms with Crippen LogP contribution in [0.2, 0.25) is 0 Å². The fraction of sp³-hybridized carbons (Fsp3) is 0.214. The Morgan fingerprint density at radius 3 is 2.85 bits per heavy atom. The van der Waals surface area contributed by atoms with E-state index in [9.17, 15) is 4.79 Å². The highest BCUT2D eigenvalue weighted by atomic mass is 32.2. The molecule has 2 aromatic rings. The van der Waals surface area contributed by atoms with E-state index in [1.807, 2.05) is 11.4 Å². The summed E-state index contributed by atoms with van der Waals surface area (Å²) in [6, 6.07) is 8.89. The normalized spacial score (nSPS) is 9.95. The monoisotopic (exact) mass is 303 g/mol. The van der Waals surface area contributed by atoms with Gasteiger partial charge in [-0.15, -0.1) is 11.3 Å². The van der Waals surface area contributed by atoms with Crippen molar-refractivity contribution >= 4 is 34.7 Å². The fourth-order valence-electron chi connectivity index (χ4n) is 1.53. The van der Waals surface area contributed by atoms with E-state index >= 15 is 0 Å². The van der Waals surface area contributed by atoms with Gasteiger partial charge >= 0.3 is 0 Å². The van der Waals surface area contributed by atoms with Crippen molar-refractivity contribution in [3.8, 4) is 6.07 Å². The third-order valence-corrected chi connectivity index (χ3v) is 4.53. The van der Waals surface area contributed by atoms with E-state index in [0.29, 0.717) is 12.0 Å². The minimum Gasteiger partial charge on any atom is -0.326 e. The van der Waals surface area contributed by atoms with Crippen LogP contribution in [0.15, 0.2) is 40.2 Å². The molecule has 0 atom stereocenters. The van der Waals surface area contributed by atoms with Gasteiger partial charge in [0.2, 0.25) is 5.91 Å². The number of nitrogens with zero attached hydrogens (tertiary/aromatic N) is 2. The van der Waals surface area contributed by atoms with Gasteiger partial charge in [0.25, 0.3) is 0 Å². The third kappa shape index (κ3) is 4.68. The Bertz CT molecular complexity index is 588. The molecule has 0 spiro atoms. The molecule has 0 aliphatic rings. The van der Waals surface area contributed by atoms with Crippen molar-refractivity contribution in [2.45, 2.75) is 17.2 Å². The Balaban J connectivity index is 1.68. The number of hydrogen-bond donors (Lipinski definition) is 1. The van der Waals surface area contributed by atoms with Crippen LogP contribution in [0.4, 0.5) is 5.69 Å². The van der Waals surface area contributed by atoms with Crippen molar-refractivity contribution in [3.05, 3.63) is 41.4 Å². The molecule has 4 nitrogen and oxygen atoms in total. The smallest absolute Gasteiger partial charge is 0.224 e. The first-order valence-corrected chi connectivity index (χ1v) is 7.97. The number of aromatic nitrogens is 1. The summed E-state index contributed by atoms with van der Waals surface area (Å²) in [4.78, 5) is 15.9. The van der Waals surface area contributed by atoms with Crippen molar-refractivity contribution in [2.24, 2.45) is 0 Å². The van der Waals surface area contributed by atoms with Crippen LogP contribution in [0.25, 0.3) is 0 Å². The highest BCUT2D eigenvalue weighted by Gasteiger charge is 2.03. The van der Waals surface area contributed by atoms with Crippen LogP contribution in [0.1, 0.15) is 18.4 Å². The lowest BCUT2D eigenvalue weighted by atomic mass is 10.2. The van der Waals surface area contributed by atoms with Gasteiger partial charge < -0.3 is 5.32 Å². The third-order valence-electron chi connectivity index (χ3n) is 2.48. The first kappa shape index (κ1) is 14.6. The summed E-state index contributed by atoms with van der Waals surface area (Å²) in [6.45, 7) is 0. The maximum atomic E-state index is 11.7. The van der Waals surface area contributed by atoms with Gasteiger partial charge in [-0.05, 0) is 30.7 Å². The lowest BCUT2D eigenvalue weighted by molar-refractivity contribution is -0.116. The second-order valence-electron chi connectivity index (χ2n) is 3.99. The van der Waals surface area contributed by atoms with E-state index in [2.05, 4.69) is 10.3 Å². The Morgan fingerprint density at radius 1 is 1.40 bits per heavy atom. The largest absolute Gasteiger partial charge is 0.326 e. The molecule has 1 N–H and O–H groups in total. The molecule has 1 aromatic heterocycles. The van der Waals surface area contributed by atoms with Crippen molar-refractivity contribution < 1.29 is 4.79 Å². The number of thiazole rings is 1. The quantitative estimate of drug-likeness (QED) is 0.655. The molecule has 0 bridgehead atoms. The van der Waals surface area contributed by atoms with E-state index in [4.69, 9.17) is 5.26 Å². The molecule has 2 rings (SSSR count). The summed E-state index contributed by atoms with van der Waals surface area (Å²) in [5.41, 5.74) is 1.31. The first-order valence-electron chi connectivity index (χ1n) is 6.10. The summed E-state index contributed by atoms with van der Waals surface area (Å²) in [5, 5.41) is 13.4. The van der Waals surface area contributed by atoms with Gasteiger partial charge in [-0.3, -0.25) is 4.79 Å². The molecule has 6 heteroatoms. The van der Waals surface area contributed by atoms with Crippen LogP contribution >= 0.6 is 23.1 Å². The summed E-state index contributed by atoms with van der Waals surface area (Å²) < 4.78 is 1.04. The molecule has 0 saturated carbocycles. The molecular formula is C14H13N3OS2. The Morgan fingerprint density at radius 2 is 2.20 bits per heavy atom. The Hall–Kier alpha value is -1.84. The van der Waals surface area contributed by atoms with Gasteiger partial charge in [0.15, 0.2) is 0 Å². The number of hydrogen-bond acceptors (Lipinski definition) is 5. The molecule has 20 heavy (non-hydrogen) atoms. The molecule has 1 aromatic carbocycles. The minimum absolute atomic E-state index is 0.00514. The summed E-state index contributed by atoms with van der Waals surface area (Å²) in [5.74, 6) is 0.878.